The van der Waals surface area contributed by atoms with E-state index in [-0.39, 0.29) is 11.3 Å². The minimum absolute atomic E-state index is 0.185. The van der Waals surface area contributed by atoms with E-state index in [0.29, 0.717) is 12.4 Å². The molecule has 0 aliphatic rings. The summed E-state index contributed by atoms with van der Waals surface area (Å²) in [6.45, 7) is 2.61. The zero-order valence-corrected chi connectivity index (χ0v) is 11.0. The highest BCUT2D eigenvalue weighted by Gasteiger charge is 2.09. The SMILES string of the molecule is CCc1cnc(CNc2nc[nH]c(=O)c2OC)s1. The van der Waals surface area contributed by atoms with Crippen LogP contribution in [0.4, 0.5) is 5.82 Å². The van der Waals surface area contributed by atoms with Crippen LogP contribution < -0.4 is 15.6 Å². The van der Waals surface area contributed by atoms with Gasteiger partial charge >= 0.3 is 0 Å². The Morgan fingerprint density at radius 2 is 2.33 bits per heavy atom. The number of anilines is 1. The van der Waals surface area contributed by atoms with Gasteiger partial charge in [0.1, 0.15) is 5.01 Å². The van der Waals surface area contributed by atoms with Gasteiger partial charge in [-0.15, -0.1) is 11.3 Å². The van der Waals surface area contributed by atoms with E-state index >= 15 is 0 Å². The van der Waals surface area contributed by atoms with Crippen molar-refractivity contribution in [3.63, 3.8) is 0 Å². The first-order chi connectivity index (χ1) is 8.74. The van der Waals surface area contributed by atoms with E-state index < -0.39 is 0 Å². The molecule has 0 fully saturated rings. The molecule has 2 heterocycles. The van der Waals surface area contributed by atoms with Crippen molar-refractivity contribution in [2.24, 2.45) is 0 Å². The van der Waals surface area contributed by atoms with Gasteiger partial charge in [-0.05, 0) is 6.42 Å². The zero-order valence-electron chi connectivity index (χ0n) is 10.2. The van der Waals surface area contributed by atoms with E-state index in [0.717, 1.165) is 11.4 Å². The van der Waals surface area contributed by atoms with Gasteiger partial charge in [-0.1, -0.05) is 6.92 Å². The van der Waals surface area contributed by atoms with Gasteiger partial charge in [0.25, 0.3) is 5.56 Å². The van der Waals surface area contributed by atoms with Gasteiger partial charge in [-0.3, -0.25) is 4.79 Å². The minimum Gasteiger partial charge on any atom is -0.489 e. The molecule has 18 heavy (non-hydrogen) atoms. The highest BCUT2D eigenvalue weighted by atomic mass is 32.1. The lowest BCUT2D eigenvalue weighted by Crippen LogP contribution is -2.13. The van der Waals surface area contributed by atoms with Crippen LogP contribution in [-0.4, -0.2) is 22.1 Å². The number of hydrogen-bond donors (Lipinski definition) is 2. The van der Waals surface area contributed by atoms with Crippen molar-refractivity contribution in [3.8, 4) is 5.75 Å². The molecule has 2 N–H and O–H groups in total. The molecule has 0 radical (unpaired) electrons. The summed E-state index contributed by atoms with van der Waals surface area (Å²) in [5.41, 5.74) is -0.302. The molecule has 2 aromatic heterocycles. The molecule has 2 aromatic rings. The van der Waals surface area contributed by atoms with Crippen LogP contribution in [0, 0.1) is 0 Å². The van der Waals surface area contributed by atoms with E-state index in [4.69, 9.17) is 4.74 Å². The monoisotopic (exact) mass is 266 g/mol. The molecule has 7 heteroatoms. The zero-order chi connectivity index (χ0) is 13.0. The molecule has 0 atom stereocenters. The molecule has 0 bridgehead atoms. The summed E-state index contributed by atoms with van der Waals surface area (Å²) in [7, 11) is 1.44. The predicted octanol–water partition coefficient (Wildman–Crippen LogP) is 1.41. The average molecular weight is 266 g/mol. The molecule has 6 nitrogen and oxygen atoms in total. The standard InChI is InChI=1S/C11H14N4O2S/c1-3-7-4-12-8(18-7)5-13-10-9(17-2)11(16)15-6-14-10/h4,6H,3,5H2,1-2H3,(H2,13,14,15,16). The van der Waals surface area contributed by atoms with Crippen LogP contribution in [0.3, 0.4) is 0 Å². The Kier molecular flexibility index (Phi) is 3.93. The van der Waals surface area contributed by atoms with Crippen LogP contribution in [0.5, 0.6) is 5.75 Å². The Bertz CT molecular complexity index is 578. The number of hydrogen-bond acceptors (Lipinski definition) is 6. The molecule has 0 aromatic carbocycles. The Labute approximate surface area is 108 Å². The molecule has 0 aliphatic carbocycles. The van der Waals surface area contributed by atoms with Crippen molar-refractivity contribution < 1.29 is 4.74 Å². The number of rotatable bonds is 5. The third-order valence-corrected chi connectivity index (χ3v) is 3.51. The van der Waals surface area contributed by atoms with Crippen LogP contribution in [0.25, 0.3) is 0 Å². The molecule has 0 aliphatic heterocycles. The smallest absolute Gasteiger partial charge is 0.295 e. The quantitative estimate of drug-likeness (QED) is 0.855. The molecule has 0 saturated heterocycles. The number of nitrogens with one attached hydrogen (secondary N) is 2. The summed E-state index contributed by atoms with van der Waals surface area (Å²) >= 11 is 1.64. The summed E-state index contributed by atoms with van der Waals surface area (Å²) in [4.78, 5) is 23.5. The van der Waals surface area contributed by atoms with Gasteiger partial charge in [-0.25, -0.2) is 9.97 Å². The summed E-state index contributed by atoms with van der Waals surface area (Å²) in [6.07, 6.45) is 4.18. The van der Waals surface area contributed by atoms with Crippen LogP contribution >= 0.6 is 11.3 Å². The molecule has 96 valence electrons. The maximum atomic E-state index is 11.5. The lowest BCUT2D eigenvalue weighted by Gasteiger charge is -2.06. The minimum atomic E-state index is -0.302. The predicted molar refractivity (Wildman–Crippen MR) is 70.2 cm³/mol. The Balaban J connectivity index is 2.10. The van der Waals surface area contributed by atoms with Gasteiger partial charge in [-0.2, -0.15) is 0 Å². The van der Waals surface area contributed by atoms with Crippen LogP contribution in [0.1, 0.15) is 16.8 Å². The van der Waals surface area contributed by atoms with Crippen molar-refractivity contribution in [2.45, 2.75) is 19.9 Å². The molecular weight excluding hydrogens is 252 g/mol. The first-order valence-electron chi connectivity index (χ1n) is 5.53. The molecule has 0 amide bonds. The molecule has 0 unspecified atom stereocenters. The van der Waals surface area contributed by atoms with Crippen molar-refractivity contribution >= 4 is 17.2 Å². The number of aromatic nitrogens is 3. The van der Waals surface area contributed by atoms with Gasteiger partial charge in [0, 0.05) is 11.1 Å². The number of ether oxygens (including phenoxy) is 1. The maximum Gasteiger partial charge on any atom is 0.295 e. The summed E-state index contributed by atoms with van der Waals surface area (Å²) in [6, 6.07) is 0. The van der Waals surface area contributed by atoms with E-state index in [2.05, 4.69) is 27.2 Å². The third kappa shape index (κ3) is 2.67. The summed E-state index contributed by atoms with van der Waals surface area (Å²) in [5, 5.41) is 4.01. The second-order valence-electron chi connectivity index (χ2n) is 3.54. The number of aromatic amines is 1. The van der Waals surface area contributed by atoms with E-state index in [1.54, 1.807) is 11.3 Å². The fourth-order valence-corrected chi connectivity index (χ4v) is 2.26. The topological polar surface area (TPSA) is 79.9 Å². The van der Waals surface area contributed by atoms with Gasteiger partial charge in [0.05, 0.1) is 20.0 Å². The second-order valence-corrected chi connectivity index (χ2v) is 4.74. The maximum absolute atomic E-state index is 11.5. The van der Waals surface area contributed by atoms with Gasteiger partial charge in [0.2, 0.25) is 5.75 Å². The molecule has 2 rings (SSSR count). The third-order valence-electron chi connectivity index (χ3n) is 2.37. The lowest BCUT2D eigenvalue weighted by molar-refractivity contribution is 0.408. The first kappa shape index (κ1) is 12.6. The van der Waals surface area contributed by atoms with E-state index in [9.17, 15) is 4.79 Å². The molecular formula is C11H14N4O2S. The first-order valence-corrected chi connectivity index (χ1v) is 6.35. The normalized spacial score (nSPS) is 10.3. The molecule has 0 saturated carbocycles. The lowest BCUT2D eigenvalue weighted by atomic mass is 10.4. The van der Waals surface area contributed by atoms with Crippen LogP contribution in [0.15, 0.2) is 17.3 Å². The van der Waals surface area contributed by atoms with E-state index in [1.807, 2.05) is 6.20 Å². The second kappa shape index (κ2) is 5.63. The fourth-order valence-electron chi connectivity index (χ4n) is 1.45. The number of nitrogens with zero attached hydrogens (tertiary/aromatic N) is 2. The fraction of sp³-hybridized carbons (Fsp3) is 0.364. The Morgan fingerprint density at radius 3 is 3.00 bits per heavy atom. The van der Waals surface area contributed by atoms with Crippen LogP contribution in [0.2, 0.25) is 0 Å². The number of thiazole rings is 1. The van der Waals surface area contributed by atoms with Crippen molar-refractivity contribution in [3.05, 3.63) is 32.8 Å². The van der Waals surface area contributed by atoms with E-state index in [1.165, 1.54) is 18.3 Å². The average Bonchev–Trinajstić information content (AvgIpc) is 2.84. The number of aryl methyl sites for hydroxylation is 1. The van der Waals surface area contributed by atoms with Gasteiger partial charge < -0.3 is 15.0 Å². The Hall–Kier alpha value is -1.89. The summed E-state index contributed by atoms with van der Waals surface area (Å²) in [5.74, 6) is 0.610. The largest absolute Gasteiger partial charge is 0.489 e. The van der Waals surface area contributed by atoms with Crippen molar-refractivity contribution in [1.29, 1.82) is 0 Å². The van der Waals surface area contributed by atoms with Crippen molar-refractivity contribution in [1.82, 2.24) is 15.0 Å². The number of methoxy groups -OCH3 is 1. The van der Waals surface area contributed by atoms with Gasteiger partial charge in [0.15, 0.2) is 5.82 Å². The number of H-pyrrole nitrogens is 1. The summed E-state index contributed by atoms with van der Waals surface area (Å²) < 4.78 is 5.01. The Morgan fingerprint density at radius 1 is 1.50 bits per heavy atom. The highest BCUT2D eigenvalue weighted by Crippen LogP contribution is 2.18. The molecule has 0 spiro atoms. The van der Waals surface area contributed by atoms with Crippen LogP contribution in [-0.2, 0) is 13.0 Å². The van der Waals surface area contributed by atoms with Crippen molar-refractivity contribution in [2.75, 3.05) is 12.4 Å². The highest BCUT2D eigenvalue weighted by molar-refractivity contribution is 7.11.